The van der Waals surface area contributed by atoms with Crippen LogP contribution >= 0.6 is 34.4 Å². The summed E-state index contributed by atoms with van der Waals surface area (Å²) in [7, 11) is 3.09. The third-order valence-electron chi connectivity index (χ3n) is 3.91. The van der Waals surface area contributed by atoms with E-state index in [4.69, 9.17) is 9.84 Å². The maximum absolute atomic E-state index is 12.6. The zero-order chi connectivity index (χ0) is 20.4. The van der Waals surface area contributed by atoms with E-state index in [1.54, 1.807) is 37.4 Å². The highest BCUT2D eigenvalue weighted by molar-refractivity contribution is 14.1. The lowest BCUT2D eigenvalue weighted by Gasteiger charge is -2.07. The smallest absolute Gasteiger partial charge is 0.335 e. The van der Waals surface area contributed by atoms with E-state index in [0.717, 1.165) is 5.56 Å². The minimum atomic E-state index is -1.01. The summed E-state index contributed by atoms with van der Waals surface area (Å²) >= 11 is 3.21. The van der Waals surface area contributed by atoms with Crippen molar-refractivity contribution in [3.8, 4) is 11.5 Å². The summed E-state index contributed by atoms with van der Waals surface area (Å²) in [5, 5.41) is 19.4. The number of methoxy groups -OCH3 is 1. The van der Waals surface area contributed by atoms with Crippen LogP contribution in [0.2, 0.25) is 0 Å². The molecule has 0 bridgehead atoms. The van der Waals surface area contributed by atoms with Crippen LogP contribution in [0.1, 0.15) is 15.9 Å². The Balaban J connectivity index is 1.90. The maximum atomic E-state index is 12.6. The molecule has 2 aromatic rings. The Kier molecular flexibility index (Phi) is 5.94. The number of amides is 1. The van der Waals surface area contributed by atoms with Crippen molar-refractivity contribution in [1.29, 1.82) is 0 Å². The van der Waals surface area contributed by atoms with Crippen LogP contribution in [0.3, 0.4) is 0 Å². The number of carboxylic acids is 1. The fourth-order valence-electron chi connectivity index (χ4n) is 2.42. The number of amidine groups is 1. The number of carboxylic acid groups (broad SMARTS) is 1. The predicted molar refractivity (Wildman–Crippen MR) is 116 cm³/mol. The van der Waals surface area contributed by atoms with Gasteiger partial charge in [-0.2, -0.15) is 0 Å². The van der Waals surface area contributed by atoms with Crippen LogP contribution < -0.4 is 4.74 Å². The Bertz CT molecular complexity index is 1020. The fraction of sp³-hybridized carbons (Fsp3) is 0.105. The van der Waals surface area contributed by atoms with Gasteiger partial charge in [-0.3, -0.25) is 9.69 Å². The van der Waals surface area contributed by atoms with Gasteiger partial charge in [-0.15, -0.1) is 0 Å². The third kappa shape index (κ3) is 4.14. The van der Waals surface area contributed by atoms with Crippen LogP contribution in [0.5, 0.6) is 11.5 Å². The summed E-state index contributed by atoms with van der Waals surface area (Å²) in [5.74, 6) is -0.825. The van der Waals surface area contributed by atoms with Crippen molar-refractivity contribution < 1.29 is 24.5 Å². The molecule has 1 aliphatic rings. The van der Waals surface area contributed by atoms with Gasteiger partial charge in [0.1, 0.15) is 0 Å². The first-order chi connectivity index (χ1) is 13.3. The normalized spacial score (nSPS) is 16.8. The number of rotatable bonds is 4. The Hall–Kier alpha value is -2.53. The van der Waals surface area contributed by atoms with Gasteiger partial charge in [0.2, 0.25) is 0 Å². The van der Waals surface area contributed by atoms with Crippen LogP contribution in [0.15, 0.2) is 46.3 Å². The molecule has 0 atom stereocenters. The number of ether oxygens (including phenoxy) is 1. The molecule has 9 heteroatoms. The van der Waals surface area contributed by atoms with E-state index in [0.29, 0.717) is 25.1 Å². The number of likely N-dealkylation sites (N-methyl/N-ethyl adjacent to an activating group) is 1. The summed E-state index contributed by atoms with van der Waals surface area (Å²) in [4.78, 5) is 29.8. The first kappa shape index (κ1) is 20.2. The van der Waals surface area contributed by atoms with E-state index in [-0.39, 0.29) is 17.2 Å². The second kappa shape index (κ2) is 8.23. The highest BCUT2D eigenvalue weighted by Crippen LogP contribution is 2.36. The highest BCUT2D eigenvalue weighted by atomic mass is 127. The second-order valence-electron chi connectivity index (χ2n) is 5.77. The molecule has 28 heavy (non-hydrogen) atoms. The van der Waals surface area contributed by atoms with E-state index in [1.807, 2.05) is 22.6 Å². The number of carbonyl (C=O) groups excluding carboxylic acids is 1. The van der Waals surface area contributed by atoms with E-state index < -0.39 is 5.97 Å². The molecular weight excluding hydrogens is 495 g/mol. The van der Waals surface area contributed by atoms with Crippen molar-refractivity contribution in [2.24, 2.45) is 4.99 Å². The number of benzene rings is 2. The molecule has 1 heterocycles. The topological polar surface area (TPSA) is 99.4 Å². The standard InChI is InChI=1S/C19H15IN2O5S/c1-22-17(24)15(9-10-7-13(20)16(23)14(8-10)27-2)28-19(22)21-12-5-3-11(4-6-12)18(25)26/h3-9,23H,1-2H3,(H,25,26)/b15-9+,21-19?. The Morgan fingerprint density at radius 2 is 1.96 bits per heavy atom. The number of thioether (sulfide) groups is 1. The van der Waals surface area contributed by atoms with E-state index >= 15 is 0 Å². The molecule has 0 radical (unpaired) electrons. The number of halogens is 1. The lowest BCUT2D eigenvalue weighted by atomic mass is 10.2. The van der Waals surface area contributed by atoms with E-state index in [1.165, 1.54) is 35.9 Å². The van der Waals surface area contributed by atoms with Gasteiger partial charge in [-0.05, 0) is 82.4 Å². The molecule has 0 spiro atoms. The molecular formula is C19H15IN2O5S. The second-order valence-corrected chi connectivity index (χ2v) is 7.95. The summed E-state index contributed by atoms with van der Waals surface area (Å²) < 4.78 is 5.76. The molecule has 144 valence electrons. The fourth-order valence-corrected chi connectivity index (χ4v) is 4.04. The summed E-state index contributed by atoms with van der Waals surface area (Å²) in [6, 6.07) is 9.50. The van der Waals surface area contributed by atoms with Gasteiger partial charge in [0.15, 0.2) is 16.7 Å². The molecule has 1 aliphatic heterocycles. The first-order valence-electron chi connectivity index (χ1n) is 7.96. The number of phenolic OH excluding ortho intramolecular Hbond substituents is 1. The van der Waals surface area contributed by atoms with E-state index in [2.05, 4.69) is 4.99 Å². The average molecular weight is 510 g/mol. The Labute approximate surface area is 178 Å². The largest absolute Gasteiger partial charge is 0.504 e. The molecule has 1 amide bonds. The number of phenols is 1. The summed E-state index contributed by atoms with van der Waals surface area (Å²) in [6.07, 6.45) is 1.71. The SMILES string of the molecule is COc1cc(/C=C2/SC(=Nc3ccc(C(=O)O)cc3)N(C)C2=O)cc(I)c1O. The van der Waals surface area contributed by atoms with Crippen molar-refractivity contribution >= 4 is 63.2 Å². The summed E-state index contributed by atoms with van der Waals surface area (Å²) in [5.41, 5.74) is 1.44. The van der Waals surface area contributed by atoms with Crippen LogP contribution in [0.4, 0.5) is 5.69 Å². The molecule has 1 saturated heterocycles. The number of carbonyl (C=O) groups is 2. The van der Waals surface area contributed by atoms with E-state index in [9.17, 15) is 14.7 Å². The highest BCUT2D eigenvalue weighted by Gasteiger charge is 2.30. The van der Waals surface area contributed by atoms with Crippen molar-refractivity contribution in [1.82, 2.24) is 4.90 Å². The zero-order valence-electron chi connectivity index (χ0n) is 14.8. The number of aromatic carboxylic acids is 1. The quantitative estimate of drug-likeness (QED) is 0.478. The first-order valence-corrected chi connectivity index (χ1v) is 9.86. The third-order valence-corrected chi connectivity index (χ3v) is 5.79. The van der Waals surface area contributed by atoms with Crippen LogP contribution in [0.25, 0.3) is 6.08 Å². The van der Waals surface area contributed by atoms with Gasteiger partial charge >= 0.3 is 5.97 Å². The molecule has 0 aliphatic carbocycles. The number of hydrogen-bond donors (Lipinski definition) is 2. The molecule has 3 rings (SSSR count). The van der Waals surface area contributed by atoms with Gasteiger partial charge in [0.05, 0.1) is 26.8 Å². The van der Waals surface area contributed by atoms with Gasteiger partial charge in [-0.1, -0.05) is 0 Å². The number of hydrogen-bond acceptors (Lipinski definition) is 6. The van der Waals surface area contributed by atoms with Crippen LogP contribution in [-0.4, -0.2) is 46.3 Å². The zero-order valence-corrected chi connectivity index (χ0v) is 17.8. The van der Waals surface area contributed by atoms with Gasteiger partial charge < -0.3 is 14.9 Å². The minimum absolute atomic E-state index is 0.0554. The van der Waals surface area contributed by atoms with Crippen LogP contribution in [0, 0.1) is 3.57 Å². The van der Waals surface area contributed by atoms with Crippen molar-refractivity contribution in [2.75, 3.05) is 14.2 Å². The maximum Gasteiger partial charge on any atom is 0.335 e. The Morgan fingerprint density at radius 3 is 2.57 bits per heavy atom. The molecule has 0 unspecified atom stereocenters. The van der Waals surface area contributed by atoms with Crippen molar-refractivity contribution in [3.63, 3.8) is 0 Å². The lowest BCUT2D eigenvalue weighted by Crippen LogP contribution is -2.23. The predicted octanol–water partition coefficient (Wildman–Crippen LogP) is 3.94. The molecule has 7 nitrogen and oxygen atoms in total. The molecule has 2 N–H and O–H groups in total. The number of nitrogens with zero attached hydrogens (tertiary/aromatic N) is 2. The average Bonchev–Trinajstić information content (AvgIpc) is 2.92. The Morgan fingerprint density at radius 1 is 1.29 bits per heavy atom. The monoisotopic (exact) mass is 510 g/mol. The van der Waals surface area contributed by atoms with Crippen LogP contribution in [-0.2, 0) is 4.79 Å². The lowest BCUT2D eigenvalue weighted by molar-refractivity contribution is -0.121. The molecule has 1 fully saturated rings. The molecule has 0 saturated carbocycles. The summed E-state index contributed by atoms with van der Waals surface area (Å²) in [6.45, 7) is 0. The number of aliphatic imine (C=N–C) groups is 1. The number of aromatic hydroxyl groups is 1. The van der Waals surface area contributed by atoms with Gasteiger partial charge in [-0.25, -0.2) is 9.79 Å². The van der Waals surface area contributed by atoms with Gasteiger partial charge in [0.25, 0.3) is 5.91 Å². The minimum Gasteiger partial charge on any atom is -0.504 e. The molecule has 2 aromatic carbocycles. The van der Waals surface area contributed by atoms with Crippen molar-refractivity contribution in [2.45, 2.75) is 0 Å². The molecule has 0 aromatic heterocycles. The van der Waals surface area contributed by atoms with Gasteiger partial charge in [0, 0.05) is 7.05 Å². The van der Waals surface area contributed by atoms with Crippen molar-refractivity contribution in [3.05, 3.63) is 56.0 Å².